The first-order chi connectivity index (χ1) is 9.65. The molecule has 100 valence electrons. The molecular weight excluding hydrogens is 256 g/mol. The molecule has 0 saturated carbocycles. The normalized spacial score (nSPS) is 10.7. The minimum absolute atomic E-state index is 0.0428. The Hall–Kier alpha value is -2.89. The molecule has 0 aliphatic heterocycles. The summed E-state index contributed by atoms with van der Waals surface area (Å²) in [5, 5.41) is 12.9. The SMILES string of the molecule is Cn1nc(C(=O)O)cc1-c1ccc(-n2ccnc2)cc1. The zero-order chi connectivity index (χ0) is 14.1. The summed E-state index contributed by atoms with van der Waals surface area (Å²) in [5.41, 5.74) is 2.71. The second-order valence-corrected chi connectivity index (χ2v) is 4.36. The van der Waals surface area contributed by atoms with E-state index in [1.54, 1.807) is 30.3 Å². The van der Waals surface area contributed by atoms with Gasteiger partial charge in [-0.15, -0.1) is 0 Å². The maximum absolute atomic E-state index is 10.9. The maximum atomic E-state index is 10.9. The van der Waals surface area contributed by atoms with Gasteiger partial charge in [0.25, 0.3) is 0 Å². The van der Waals surface area contributed by atoms with Crippen LogP contribution in [0.5, 0.6) is 0 Å². The zero-order valence-corrected chi connectivity index (χ0v) is 10.8. The van der Waals surface area contributed by atoms with Crippen LogP contribution >= 0.6 is 0 Å². The molecule has 6 nitrogen and oxygen atoms in total. The number of benzene rings is 1. The van der Waals surface area contributed by atoms with Crippen LogP contribution in [0.1, 0.15) is 10.5 Å². The summed E-state index contributed by atoms with van der Waals surface area (Å²) in [7, 11) is 1.73. The number of hydrogen-bond acceptors (Lipinski definition) is 3. The first kappa shape index (κ1) is 12.2. The quantitative estimate of drug-likeness (QED) is 0.788. The summed E-state index contributed by atoms with van der Waals surface area (Å²) in [4.78, 5) is 14.9. The summed E-state index contributed by atoms with van der Waals surface area (Å²) >= 11 is 0. The Morgan fingerprint density at radius 1 is 1.25 bits per heavy atom. The second kappa shape index (κ2) is 4.65. The molecule has 2 aromatic heterocycles. The molecule has 0 amide bonds. The molecule has 0 unspecified atom stereocenters. The number of carbonyl (C=O) groups is 1. The lowest BCUT2D eigenvalue weighted by molar-refractivity contribution is 0.0689. The highest BCUT2D eigenvalue weighted by atomic mass is 16.4. The molecule has 1 N–H and O–H groups in total. The van der Waals surface area contributed by atoms with Gasteiger partial charge >= 0.3 is 5.97 Å². The molecule has 3 rings (SSSR count). The van der Waals surface area contributed by atoms with Crippen LogP contribution in [-0.2, 0) is 7.05 Å². The number of aryl methyl sites for hydroxylation is 1. The van der Waals surface area contributed by atoms with Crippen molar-refractivity contribution in [3.05, 3.63) is 54.7 Å². The lowest BCUT2D eigenvalue weighted by atomic mass is 10.1. The minimum atomic E-state index is -1.03. The van der Waals surface area contributed by atoms with E-state index in [9.17, 15) is 4.79 Å². The van der Waals surface area contributed by atoms with Crippen molar-refractivity contribution in [3.63, 3.8) is 0 Å². The number of nitrogens with zero attached hydrogens (tertiary/aromatic N) is 4. The lowest BCUT2D eigenvalue weighted by Crippen LogP contribution is -1.99. The third-order valence-electron chi connectivity index (χ3n) is 3.06. The van der Waals surface area contributed by atoms with Crippen LogP contribution in [0.4, 0.5) is 0 Å². The Bertz CT molecular complexity index is 742. The number of imidazole rings is 1. The molecule has 0 radical (unpaired) electrons. The maximum Gasteiger partial charge on any atom is 0.356 e. The molecule has 6 heteroatoms. The Labute approximate surface area is 114 Å². The molecule has 0 fully saturated rings. The molecule has 2 heterocycles. The summed E-state index contributed by atoms with van der Waals surface area (Å²) in [5.74, 6) is -1.03. The highest BCUT2D eigenvalue weighted by Gasteiger charge is 2.12. The third-order valence-corrected chi connectivity index (χ3v) is 3.06. The van der Waals surface area contributed by atoms with Crippen molar-refractivity contribution in [1.82, 2.24) is 19.3 Å². The fourth-order valence-corrected chi connectivity index (χ4v) is 2.06. The van der Waals surface area contributed by atoms with Crippen molar-refractivity contribution in [2.24, 2.45) is 7.05 Å². The van der Waals surface area contributed by atoms with Crippen molar-refractivity contribution in [2.45, 2.75) is 0 Å². The van der Waals surface area contributed by atoms with Crippen LogP contribution in [0.3, 0.4) is 0 Å². The van der Waals surface area contributed by atoms with Crippen LogP contribution in [-0.4, -0.2) is 30.4 Å². The molecule has 3 aromatic rings. The van der Waals surface area contributed by atoms with Gasteiger partial charge in [-0.3, -0.25) is 4.68 Å². The predicted molar refractivity (Wildman–Crippen MR) is 72.7 cm³/mol. The van der Waals surface area contributed by atoms with E-state index in [0.29, 0.717) is 0 Å². The highest BCUT2D eigenvalue weighted by Crippen LogP contribution is 2.21. The van der Waals surface area contributed by atoms with Gasteiger partial charge < -0.3 is 9.67 Å². The molecule has 0 atom stereocenters. The van der Waals surface area contributed by atoms with Crippen molar-refractivity contribution in [1.29, 1.82) is 0 Å². The molecule has 0 bridgehead atoms. The van der Waals surface area contributed by atoms with E-state index in [-0.39, 0.29) is 5.69 Å². The Kier molecular flexibility index (Phi) is 2.83. The van der Waals surface area contributed by atoms with Gasteiger partial charge in [0.05, 0.1) is 12.0 Å². The van der Waals surface area contributed by atoms with E-state index in [1.165, 1.54) is 0 Å². The first-order valence-electron chi connectivity index (χ1n) is 6.01. The Balaban J connectivity index is 1.97. The number of carboxylic acids is 1. The summed E-state index contributed by atoms with van der Waals surface area (Å²) < 4.78 is 3.46. The zero-order valence-electron chi connectivity index (χ0n) is 10.8. The molecule has 1 aromatic carbocycles. The molecular formula is C14H12N4O2. The molecule has 0 aliphatic rings. The predicted octanol–water partition coefficient (Wildman–Crippen LogP) is 1.97. The third kappa shape index (κ3) is 2.07. The van der Waals surface area contributed by atoms with E-state index in [1.807, 2.05) is 35.0 Å². The van der Waals surface area contributed by atoms with Crippen molar-refractivity contribution < 1.29 is 9.90 Å². The topological polar surface area (TPSA) is 72.9 Å². The van der Waals surface area contributed by atoms with Crippen molar-refractivity contribution in [3.8, 4) is 16.9 Å². The van der Waals surface area contributed by atoms with Gasteiger partial charge in [0.1, 0.15) is 0 Å². The Morgan fingerprint density at radius 2 is 2.00 bits per heavy atom. The monoisotopic (exact) mass is 268 g/mol. The first-order valence-corrected chi connectivity index (χ1v) is 6.01. The summed E-state index contributed by atoms with van der Waals surface area (Å²) in [6.07, 6.45) is 5.30. The van der Waals surface area contributed by atoms with Crippen LogP contribution in [0.15, 0.2) is 49.1 Å². The summed E-state index contributed by atoms with van der Waals surface area (Å²) in [6, 6.07) is 9.32. The van der Waals surface area contributed by atoms with E-state index in [4.69, 9.17) is 5.11 Å². The summed E-state index contributed by atoms with van der Waals surface area (Å²) in [6.45, 7) is 0. The van der Waals surface area contributed by atoms with Crippen LogP contribution < -0.4 is 0 Å². The van der Waals surface area contributed by atoms with Gasteiger partial charge in [-0.05, 0) is 23.8 Å². The van der Waals surface area contributed by atoms with Gasteiger partial charge in [-0.25, -0.2) is 9.78 Å². The molecule has 0 saturated heterocycles. The number of aromatic carboxylic acids is 1. The largest absolute Gasteiger partial charge is 0.476 e. The van der Waals surface area contributed by atoms with E-state index < -0.39 is 5.97 Å². The average molecular weight is 268 g/mol. The molecule has 20 heavy (non-hydrogen) atoms. The van der Waals surface area contributed by atoms with Crippen LogP contribution in [0.25, 0.3) is 16.9 Å². The van der Waals surface area contributed by atoms with Crippen molar-refractivity contribution >= 4 is 5.97 Å². The number of aromatic nitrogens is 4. The standard InChI is InChI=1S/C14H12N4O2/c1-17-13(8-12(16-17)14(19)20)10-2-4-11(5-3-10)18-7-6-15-9-18/h2-9H,1H3,(H,19,20). The van der Waals surface area contributed by atoms with Gasteiger partial charge in [0.15, 0.2) is 5.69 Å². The second-order valence-electron chi connectivity index (χ2n) is 4.36. The smallest absolute Gasteiger partial charge is 0.356 e. The molecule has 0 aliphatic carbocycles. The van der Waals surface area contributed by atoms with Crippen molar-refractivity contribution in [2.75, 3.05) is 0 Å². The van der Waals surface area contributed by atoms with E-state index in [0.717, 1.165) is 16.9 Å². The molecule has 0 spiro atoms. The van der Waals surface area contributed by atoms with Gasteiger partial charge in [-0.2, -0.15) is 5.10 Å². The van der Waals surface area contributed by atoms with E-state index >= 15 is 0 Å². The van der Waals surface area contributed by atoms with Gasteiger partial charge in [-0.1, -0.05) is 12.1 Å². The van der Waals surface area contributed by atoms with Crippen LogP contribution in [0, 0.1) is 0 Å². The average Bonchev–Trinajstić information content (AvgIpc) is 3.08. The number of hydrogen-bond donors (Lipinski definition) is 1. The fourth-order valence-electron chi connectivity index (χ4n) is 2.06. The van der Waals surface area contributed by atoms with E-state index in [2.05, 4.69) is 10.1 Å². The number of carboxylic acid groups (broad SMARTS) is 1. The van der Waals surface area contributed by atoms with Gasteiger partial charge in [0.2, 0.25) is 0 Å². The van der Waals surface area contributed by atoms with Gasteiger partial charge in [0, 0.05) is 25.1 Å². The lowest BCUT2D eigenvalue weighted by Gasteiger charge is -2.05. The highest BCUT2D eigenvalue weighted by molar-refractivity contribution is 5.87. The Morgan fingerprint density at radius 3 is 2.55 bits per heavy atom. The fraction of sp³-hybridized carbons (Fsp3) is 0.0714. The minimum Gasteiger partial charge on any atom is -0.476 e. The van der Waals surface area contributed by atoms with Crippen LogP contribution in [0.2, 0.25) is 0 Å². The number of rotatable bonds is 3.